The molecule has 1 fully saturated rings. The zero-order chi connectivity index (χ0) is 18.5. The average molecular weight is 437 g/mol. The first-order valence-electron chi connectivity index (χ1n) is 8.81. The summed E-state index contributed by atoms with van der Waals surface area (Å²) < 4.78 is 6.85. The summed E-state index contributed by atoms with van der Waals surface area (Å²) in [7, 11) is 0. The van der Waals surface area contributed by atoms with Gasteiger partial charge >= 0.3 is 0 Å². The second-order valence-electron chi connectivity index (χ2n) is 6.52. The predicted molar refractivity (Wildman–Crippen MR) is 112 cm³/mol. The first-order valence-corrected chi connectivity index (χ1v) is 9.98. The van der Waals surface area contributed by atoms with E-state index in [0.717, 1.165) is 40.1 Å². The van der Waals surface area contributed by atoms with Gasteiger partial charge in [0.2, 0.25) is 0 Å². The number of aliphatic imine (C=N–C) groups is 1. The van der Waals surface area contributed by atoms with Crippen LogP contribution >= 0.6 is 27.5 Å². The molecule has 0 unspecified atom stereocenters. The number of piperidine rings is 1. The van der Waals surface area contributed by atoms with Crippen molar-refractivity contribution in [3.63, 3.8) is 0 Å². The van der Waals surface area contributed by atoms with E-state index in [1.54, 1.807) is 12.4 Å². The Morgan fingerprint density at radius 3 is 2.62 bits per heavy atom. The summed E-state index contributed by atoms with van der Waals surface area (Å²) in [5.74, 6) is 1.52. The summed E-state index contributed by atoms with van der Waals surface area (Å²) in [6.07, 6.45) is 5.58. The van der Waals surface area contributed by atoms with Gasteiger partial charge in [-0.2, -0.15) is 0 Å². The second-order valence-corrected chi connectivity index (χ2v) is 7.78. The topological polar surface area (TPSA) is 36.9 Å². The van der Waals surface area contributed by atoms with Crippen LogP contribution in [0.15, 0.2) is 39.8 Å². The molecule has 1 N–H and O–H groups in total. The van der Waals surface area contributed by atoms with Crippen molar-refractivity contribution in [2.24, 2.45) is 4.99 Å². The minimum Gasteiger partial charge on any atom is -0.457 e. The van der Waals surface area contributed by atoms with Crippen molar-refractivity contribution in [3.8, 4) is 11.5 Å². The van der Waals surface area contributed by atoms with Gasteiger partial charge in [0.1, 0.15) is 17.8 Å². The summed E-state index contributed by atoms with van der Waals surface area (Å²) in [5.41, 5.74) is 6.30. The number of nitrogens with one attached hydrogen (secondary N) is 1. The zero-order valence-corrected chi connectivity index (χ0v) is 17.4. The number of halogens is 2. The highest BCUT2D eigenvalue weighted by Crippen LogP contribution is 2.34. The van der Waals surface area contributed by atoms with Crippen LogP contribution in [0.4, 0.5) is 5.69 Å². The van der Waals surface area contributed by atoms with Gasteiger partial charge < -0.3 is 10.2 Å². The molecule has 0 bridgehead atoms. The van der Waals surface area contributed by atoms with E-state index in [1.165, 1.54) is 19.3 Å². The van der Waals surface area contributed by atoms with Crippen LogP contribution in [-0.2, 0) is 0 Å². The Bertz CT molecular complexity index is 804. The summed E-state index contributed by atoms with van der Waals surface area (Å²) in [6, 6.07) is 9.62. The van der Waals surface area contributed by atoms with Gasteiger partial charge in [-0.3, -0.25) is 0 Å². The standard InChI is InChI=1S/C20H23BrClN3O/c1-14-11-20(26-16-6-7-17(21)18(22)12-16)15(2)10-19(14)23-13-24-25-8-4-3-5-9-25/h6-7,10-13H,3-5,8-9H2,1-2H3,(H,23,24). The highest BCUT2D eigenvalue weighted by atomic mass is 79.9. The lowest BCUT2D eigenvalue weighted by Crippen LogP contribution is -2.40. The van der Waals surface area contributed by atoms with Gasteiger partial charge in [0.25, 0.3) is 0 Å². The molecule has 0 radical (unpaired) electrons. The van der Waals surface area contributed by atoms with E-state index in [1.807, 2.05) is 38.1 Å². The normalized spacial score (nSPS) is 15.4. The lowest BCUT2D eigenvalue weighted by molar-refractivity contribution is 0.197. The number of aryl methyl sites for hydroxylation is 2. The van der Waals surface area contributed by atoms with E-state index in [-0.39, 0.29) is 0 Å². The Hall–Kier alpha value is -1.56. The van der Waals surface area contributed by atoms with Crippen LogP contribution in [0.2, 0.25) is 5.02 Å². The van der Waals surface area contributed by atoms with Crippen molar-refractivity contribution in [3.05, 3.63) is 51.0 Å². The van der Waals surface area contributed by atoms with Crippen molar-refractivity contribution in [2.75, 3.05) is 13.1 Å². The summed E-state index contributed by atoms with van der Waals surface area (Å²) >= 11 is 9.53. The average Bonchev–Trinajstić information content (AvgIpc) is 2.63. The van der Waals surface area contributed by atoms with Gasteiger partial charge in [-0.05, 0) is 78.0 Å². The van der Waals surface area contributed by atoms with Crippen molar-refractivity contribution < 1.29 is 4.74 Å². The highest BCUT2D eigenvalue weighted by Gasteiger charge is 2.09. The summed E-state index contributed by atoms with van der Waals surface area (Å²) in [5, 5.41) is 2.84. The molecule has 2 aromatic carbocycles. The van der Waals surface area contributed by atoms with Crippen molar-refractivity contribution in [2.45, 2.75) is 33.1 Å². The fourth-order valence-electron chi connectivity index (χ4n) is 2.89. The van der Waals surface area contributed by atoms with Gasteiger partial charge in [0.05, 0.1) is 10.7 Å². The van der Waals surface area contributed by atoms with E-state index in [9.17, 15) is 0 Å². The summed E-state index contributed by atoms with van der Waals surface area (Å²) in [4.78, 5) is 4.57. The van der Waals surface area contributed by atoms with E-state index < -0.39 is 0 Å². The van der Waals surface area contributed by atoms with E-state index >= 15 is 0 Å². The molecule has 1 aliphatic heterocycles. The number of hydrazine groups is 1. The zero-order valence-electron chi connectivity index (χ0n) is 15.1. The van der Waals surface area contributed by atoms with Gasteiger partial charge in [-0.25, -0.2) is 10.0 Å². The predicted octanol–water partition coefficient (Wildman–Crippen LogP) is 6.16. The molecule has 3 rings (SSSR count). The molecule has 0 atom stereocenters. The van der Waals surface area contributed by atoms with Crippen LogP contribution < -0.4 is 10.2 Å². The minimum absolute atomic E-state index is 0.627. The fourth-order valence-corrected chi connectivity index (χ4v) is 3.31. The monoisotopic (exact) mass is 435 g/mol. The quantitative estimate of drug-likeness (QED) is 0.450. The molecule has 1 heterocycles. The van der Waals surface area contributed by atoms with Crippen LogP contribution in [-0.4, -0.2) is 24.4 Å². The molecule has 138 valence electrons. The lowest BCUT2D eigenvalue weighted by Gasteiger charge is -2.25. The van der Waals surface area contributed by atoms with Gasteiger partial charge in [0.15, 0.2) is 0 Å². The molecule has 0 amide bonds. The van der Waals surface area contributed by atoms with E-state index in [4.69, 9.17) is 16.3 Å². The highest BCUT2D eigenvalue weighted by molar-refractivity contribution is 9.10. The van der Waals surface area contributed by atoms with E-state index in [0.29, 0.717) is 10.8 Å². The fraction of sp³-hybridized carbons (Fsp3) is 0.350. The SMILES string of the molecule is Cc1cc(Oc2ccc(Br)c(Cl)c2)c(C)cc1/N=C/NN1CCCCC1. The first-order chi connectivity index (χ1) is 12.5. The minimum atomic E-state index is 0.627. The molecule has 2 aromatic rings. The molecule has 1 saturated heterocycles. The Morgan fingerprint density at radius 1 is 1.12 bits per heavy atom. The molecule has 0 spiro atoms. The third-order valence-corrected chi connectivity index (χ3v) is 5.64. The number of nitrogens with zero attached hydrogens (tertiary/aromatic N) is 2. The van der Waals surface area contributed by atoms with Gasteiger partial charge in [-0.1, -0.05) is 18.0 Å². The van der Waals surface area contributed by atoms with Crippen LogP contribution in [0, 0.1) is 13.8 Å². The van der Waals surface area contributed by atoms with Crippen LogP contribution in [0.5, 0.6) is 11.5 Å². The maximum absolute atomic E-state index is 6.14. The number of benzene rings is 2. The third kappa shape index (κ3) is 5.00. The first kappa shape index (κ1) is 19.2. The Kier molecular flexibility index (Phi) is 6.57. The molecule has 0 aliphatic carbocycles. The lowest BCUT2D eigenvalue weighted by atomic mass is 10.1. The van der Waals surface area contributed by atoms with Crippen molar-refractivity contribution in [1.82, 2.24) is 10.4 Å². The molecule has 0 aromatic heterocycles. The molecular weight excluding hydrogens is 414 g/mol. The van der Waals surface area contributed by atoms with Crippen LogP contribution in [0.1, 0.15) is 30.4 Å². The van der Waals surface area contributed by atoms with Crippen LogP contribution in [0.3, 0.4) is 0 Å². The van der Waals surface area contributed by atoms with E-state index in [2.05, 4.69) is 31.4 Å². The Labute approximate surface area is 168 Å². The smallest absolute Gasteiger partial charge is 0.130 e. The number of hydrogen-bond acceptors (Lipinski definition) is 3. The Balaban J connectivity index is 1.69. The number of ether oxygens (including phenoxy) is 1. The van der Waals surface area contributed by atoms with Crippen molar-refractivity contribution in [1.29, 1.82) is 0 Å². The Morgan fingerprint density at radius 2 is 1.88 bits per heavy atom. The second kappa shape index (κ2) is 8.89. The molecule has 26 heavy (non-hydrogen) atoms. The summed E-state index contributed by atoms with van der Waals surface area (Å²) in [6.45, 7) is 6.21. The van der Waals surface area contributed by atoms with Crippen molar-refractivity contribution >= 4 is 39.6 Å². The number of rotatable bonds is 5. The largest absolute Gasteiger partial charge is 0.457 e. The van der Waals surface area contributed by atoms with Gasteiger partial charge in [0, 0.05) is 23.6 Å². The van der Waals surface area contributed by atoms with Gasteiger partial charge in [-0.15, -0.1) is 0 Å². The molecular formula is C20H23BrClN3O. The number of hydrogen-bond donors (Lipinski definition) is 1. The molecule has 4 nitrogen and oxygen atoms in total. The molecule has 0 saturated carbocycles. The maximum atomic E-state index is 6.14. The third-order valence-electron chi connectivity index (χ3n) is 4.41. The van der Waals surface area contributed by atoms with Crippen LogP contribution in [0.25, 0.3) is 0 Å². The maximum Gasteiger partial charge on any atom is 0.130 e. The molecule has 6 heteroatoms. The molecule has 1 aliphatic rings.